The highest BCUT2D eigenvalue weighted by atomic mass is 16.5. The summed E-state index contributed by atoms with van der Waals surface area (Å²) in [5, 5.41) is 3.03. The summed E-state index contributed by atoms with van der Waals surface area (Å²) in [6, 6.07) is -0.374. The Labute approximate surface area is 146 Å². The van der Waals surface area contributed by atoms with Crippen LogP contribution in [0.4, 0.5) is 0 Å². The summed E-state index contributed by atoms with van der Waals surface area (Å²) in [5.41, 5.74) is -0.560. The fraction of sp³-hybridized carbons (Fsp3) is 0.895. The molecule has 2 unspecified atom stereocenters. The third kappa shape index (κ3) is 4.11. The van der Waals surface area contributed by atoms with Gasteiger partial charge in [0.25, 0.3) is 0 Å². The molecular formula is C19H34N2O3. The molecule has 0 aromatic heterocycles. The fourth-order valence-electron chi connectivity index (χ4n) is 3.74. The summed E-state index contributed by atoms with van der Waals surface area (Å²) in [7, 11) is 0. The molecule has 1 saturated heterocycles. The van der Waals surface area contributed by atoms with E-state index in [-0.39, 0.29) is 23.8 Å². The first-order valence-electron chi connectivity index (χ1n) is 9.55. The van der Waals surface area contributed by atoms with E-state index in [1.165, 1.54) is 0 Å². The second-order valence-corrected chi connectivity index (χ2v) is 8.14. The first-order valence-corrected chi connectivity index (χ1v) is 9.55. The zero-order valence-electron chi connectivity index (χ0n) is 15.9. The van der Waals surface area contributed by atoms with Crippen molar-refractivity contribution in [1.82, 2.24) is 10.2 Å². The Hall–Kier alpha value is -1.10. The summed E-state index contributed by atoms with van der Waals surface area (Å²) in [6.07, 6.45) is 5.11. The minimum absolute atomic E-state index is 0.0568. The van der Waals surface area contributed by atoms with E-state index >= 15 is 0 Å². The van der Waals surface area contributed by atoms with Crippen LogP contribution in [0.15, 0.2) is 0 Å². The van der Waals surface area contributed by atoms with Crippen LogP contribution in [-0.2, 0) is 14.3 Å². The molecule has 0 bridgehead atoms. The summed E-state index contributed by atoms with van der Waals surface area (Å²) in [4.78, 5) is 27.5. The standard InChI is InChI=1S/C19H34N2O3/c1-6-15(5)20-18(23)16-12-24-19(9-7-14(4)8-10-19)21(16)17(22)11-13(2)3/h13-16H,6-12H2,1-5H3,(H,20,23). The number of nitrogens with zero attached hydrogens (tertiary/aromatic N) is 1. The lowest BCUT2D eigenvalue weighted by Gasteiger charge is -2.43. The van der Waals surface area contributed by atoms with Crippen molar-refractivity contribution in [1.29, 1.82) is 0 Å². The summed E-state index contributed by atoms with van der Waals surface area (Å²) >= 11 is 0. The van der Waals surface area contributed by atoms with Gasteiger partial charge in [-0.1, -0.05) is 27.7 Å². The summed E-state index contributed by atoms with van der Waals surface area (Å²) < 4.78 is 6.14. The highest BCUT2D eigenvalue weighted by Gasteiger charge is 2.53. The number of nitrogens with one attached hydrogen (secondary N) is 1. The third-order valence-electron chi connectivity index (χ3n) is 5.47. The lowest BCUT2D eigenvalue weighted by atomic mass is 9.83. The van der Waals surface area contributed by atoms with Gasteiger partial charge in [-0.2, -0.15) is 0 Å². The molecule has 0 aromatic rings. The largest absolute Gasteiger partial charge is 0.353 e. The molecule has 0 aromatic carbocycles. The van der Waals surface area contributed by atoms with E-state index in [0.29, 0.717) is 18.9 Å². The van der Waals surface area contributed by atoms with Crippen LogP contribution in [0.3, 0.4) is 0 Å². The third-order valence-corrected chi connectivity index (χ3v) is 5.47. The number of hydrogen-bond donors (Lipinski definition) is 1. The minimum Gasteiger partial charge on any atom is -0.353 e. The Morgan fingerprint density at radius 1 is 1.25 bits per heavy atom. The van der Waals surface area contributed by atoms with Crippen molar-refractivity contribution in [3.63, 3.8) is 0 Å². The number of carbonyl (C=O) groups excluding carboxylic acids is 2. The second-order valence-electron chi connectivity index (χ2n) is 8.14. The van der Waals surface area contributed by atoms with E-state index in [2.05, 4.69) is 12.2 Å². The Bertz CT molecular complexity index is 456. The quantitative estimate of drug-likeness (QED) is 0.838. The van der Waals surface area contributed by atoms with Crippen LogP contribution in [0, 0.1) is 11.8 Å². The van der Waals surface area contributed by atoms with Crippen molar-refractivity contribution in [2.75, 3.05) is 6.61 Å². The van der Waals surface area contributed by atoms with Crippen molar-refractivity contribution >= 4 is 11.8 Å². The van der Waals surface area contributed by atoms with E-state index in [1.807, 2.05) is 27.7 Å². The van der Waals surface area contributed by atoms with Gasteiger partial charge in [0.1, 0.15) is 11.8 Å². The van der Waals surface area contributed by atoms with E-state index in [9.17, 15) is 9.59 Å². The molecule has 2 atom stereocenters. The normalized spacial score (nSPS) is 31.5. The second kappa shape index (κ2) is 7.85. The van der Waals surface area contributed by atoms with Gasteiger partial charge in [-0.15, -0.1) is 0 Å². The molecule has 2 fully saturated rings. The van der Waals surface area contributed by atoms with Crippen LogP contribution < -0.4 is 5.32 Å². The topological polar surface area (TPSA) is 58.6 Å². The SMILES string of the molecule is CCC(C)NC(=O)C1COC2(CCC(C)CC2)N1C(=O)CC(C)C. The smallest absolute Gasteiger partial charge is 0.245 e. The average Bonchev–Trinajstić information content (AvgIpc) is 2.89. The number of amides is 2. The molecule has 5 heteroatoms. The molecule has 1 aliphatic heterocycles. The van der Waals surface area contributed by atoms with E-state index in [1.54, 1.807) is 4.90 Å². The maximum absolute atomic E-state index is 12.9. The van der Waals surface area contributed by atoms with Crippen molar-refractivity contribution in [3.8, 4) is 0 Å². The van der Waals surface area contributed by atoms with E-state index < -0.39 is 11.8 Å². The van der Waals surface area contributed by atoms with Crippen LogP contribution in [0.1, 0.15) is 73.1 Å². The van der Waals surface area contributed by atoms with Crippen LogP contribution in [0.5, 0.6) is 0 Å². The first-order chi connectivity index (χ1) is 11.3. The Kier molecular flexibility index (Phi) is 6.29. The molecule has 24 heavy (non-hydrogen) atoms. The van der Waals surface area contributed by atoms with Crippen LogP contribution in [0.25, 0.3) is 0 Å². The molecule has 138 valence electrons. The Morgan fingerprint density at radius 3 is 2.42 bits per heavy atom. The molecule has 2 amide bonds. The van der Waals surface area contributed by atoms with Gasteiger partial charge in [-0.05, 0) is 50.9 Å². The molecule has 2 rings (SSSR count). The van der Waals surface area contributed by atoms with Crippen molar-refractivity contribution in [2.45, 2.75) is 91.0 Å². The minimum atomic E-state index is -0.560. The number of carbonyl (C=O) groups is 2. The number of ether oxygens (including phenoxy) is 1. The zero-order chi connectivity index (χ0) is 17.9. The predicted molar refractivity (Wildman–Crippen MR) is 94.3 cm³/mol. The van der Waals surface area contributed by atoms with Gasteiger partial charge in [0.15, 0.2) is 0 Å². The Balaban J connectivity index is 2.20. The fourth-order valence-corrected chi connectivity index (χ4v) is 3.74. The van der Waals surface area contributed by atoms with Gasteiger partial charge in [0, 0.05) is 12.5 Å². The van der Waals surface area contributed by atoms with Crippen LogP contribution in [0.2, 0.25) is 0 Å². The highest BCUT2D eigenvalue weighted by molar-refractivity contribution is 5.89. The molecule has 1 spiro atoms. The zero-order valence-corrected chi connectivity index (χ0v) is 15.9. The molecule has 1 N–H and O–H groups in total. The van der Waals surface area contributed by atoms with Crippen molar-refractivity contribution in [2.24, 2.45) is 11.8 Å². The van der Waals surface area contributed by atoms with Gasteiger partial charge in [0.2, 0.25) is 11.8 Å². The van der Waals surface area contributed by atoms with Crippen molar-refractivity contribution < 1.29 is 14.3 Å². The predicted octanol–water partition coefficient (Wildman–Crippen LogP) is 3.08. The van der Waals surface area contributed by atoms with Gasteiger partial charge >= 0.3 is 0 Å². The molecule has 2 aliphatic rings. The van der Waals surface area contributed by atoms with E-state index in [4.69, 9.17) is 4.74 Å². The van der Waals surface area contributed by atoms with Crippen LogP contribution in [-0.4, -0.2) is 41.1 Å². The summed E-state index contributed by atoms with van der Waals surface area (Å²) in [5.74, 6) is 0.920. The molecule has 1 aliphatic carbocycles. The van der Waals surface area contributed by atoms with Gasteiger partial charge in [-0.3, -0.25) is 14.5 Å². The maximum atomic E-state index is 12.9. The molecule has 1 saturated carbocycles. The van der Waals surface area contributed by atoms with Gasteiger partial charge in [-0.25, -0.2) is 0 Å². The average molecular weight is 338 g/mol. The van der Waals surface area contributed by atoms with E-state index in [0.717, 1.165) is 32.1 Å². The number of rotatable bonds is 5. The molecule has 1 heterocycles. The van der Waals surface area contributed by atoms with Crippen molar-refractivity contribution in [3.05, 3.63) is 0 Å². The van der Waals surface area contributed by atoms with Gasteiger partial charge in [0.05, 0.1) is 6.61 Å². The number of hydrogen-bond acceptors (Lipinski definition) is 3. The molecular weight excluding hydrogens is 304 g/mol. The lowest BCUT2D eigenvalue weighted by Crippen LogP contribution is -2.57. The molecule has 0 radical (unpaired) electrons. The lowest BCUT2D eigenvalue weighted by molar-refractivity contribution is -0.162. The summed E-state index contributed by atoms with van der Waals surface area (Å²) in [6.45, 7) is 10.7. The Morgan fingerprint density at radius 2 is 1.88 bits per heavy atom. The first kappa shape index (κ1) is 19.2. The van der Waals surface area contributed by atoms with Crippen LogP contribution >= 0.6 is 0 Å². The maximum Gasteiger partial charge on any atom is 0.245 e. The highest BCUT2D eigenvalue weighted by Crippen LogP contribution is 2.42. The molecule has 5 nitrogen and oxygen atoms in total. The monoisotopic (exact) mass is 338 g/mol. The van der Waals surface area contributed by atoms with Gasteiger partial charge < -0.3 is 10.1 Å².